The summed E-state index contributed by atoms with van der Waals surface area (Å²) in [6, 6.07) is 7.28. The van der Waals surface area contributed by atoms with Crippen molar-refractivity contribution in [1.82, 2.24) is 15.5 Å². The molecular weight excluding hydrogens is 615 g/mol. The molecule has 2 unspecified atom stereocenters. The molecule has 11 atom stereocenters. The van der Waals surface area contributed by atoms with Crippen LogP contribution >= 0.6 is 23.5 Å². The largest absolute Gasteiger partial charge is 0.388 e. The van der Waals surface area contributed by atoms with Gasteiger partial charge in [-0.2, -0.15) is 0 Å². The molecule has 0 aliphatic carbocycles. The zero-order valence-corrected chi connectivity index (χ0v) is 28.7. The van der Waals surface area contributed by atoms with Gasteiger partial charge in [-0.3, -0.25) is 9.69 Å². The van der Waals surface area contributed by atoms with Crippen LogP contribution in [0.2, 0.25) is 0 Å². The number of aliphatic hydroxyl groups is 3. The fourth-order valence-electron chi connectivity index (χ4n) is 7.34. The van der Waals surface area contributed by atoms with E-state index < -0.39 is 41.9 Å². The highest BCUT2D eigenvalue weighted by atomic mass is 32.2. The number of carbonyl (C=O) groups excluding carboxylic acids is 1. The molecule has 10 nitrogen and oxygen atoms in total. The average Bonchev–Trinajstić information content (AvgIpc) is 3.31. The molecule has 1 aromatic carbocycles. The Morgan fingerprint density at radius 1 is 1.07 bits per heavy atom. The van der Waals surface area contributed by atoms with Crippen LogP contribution in [0, 0.1) is 17.8 Å². The number of thioether (sulfide) groups is 2. The average molecular weight is 668 g/mol. The molecule has 0 radical (unpaired) electrons. The molecule has 5 rings (SSSR count). The van der Waals surface area contributed by atoms with E-state index in [0.29, 0.717) is 18.4 Å². The Bertz CT molecular complexity index is 1080. The minimum Gasteiger partial charge on any atom is -0.388 e. The number of hydrogen-bond acceptors (Lipinski definition) is 11. The first-order valence-electron chi connectivity index (χ1n) is 16.6. The van der Waals surface area contributed by atoms with Gasteiger partial charge in [0.1, 0.15) is 35.9 Å². The summed E-state index contributed by atoms with van der Waals surface area (Å²) < 4.78 is 18.0. The molecule has 45 heavy (non-hydrogen) atoms. The molecule has 254 valence electrons. The Morgan fingerprint density at radius 2 is 1.80 bits per heavy atom. The summed E-state index contributed by atoms with van der Waals surface area (Å²) >= 11 is 2.86. The molecule has 5 N–H and O–H groups in total. The van der Waals surface area contributed by atoms with Crippen molar-refractivity contribution in [1.29, 1.82) is 0 Å². The van der Waals surface area contributed by atoms with E-state index in [2.05, 4.69) is 53.6 Å². The molecule has 4 fully saturated rings. The lowest BCUT2D eigenvalue weighted by Crippen LogP contribution is -2.65. The summed E-state index contributed by atoms with van der Waals surface area (Å²) in [7, 11) is 0. The normalized spacial score (nSPS) is 35.9. The highest BCUT2D eigenvalue weighted by Gasteiger charge is 2.50. The van der Waals surface area contributed by atoms with Crippen LogP contribution in [0.5, 0.6) is 0 Å². The number of benzene rings is 1. The number of nitrogens with zero attached hydrogens (tertiary/aromatic N) is 1. The zero-order valence-electron chi connectivity index (χ0n) is 27.0. The van der Waals surface area contributed by atoms with Gasteiger partial charge in [-0.25, -0.2) is 0 Å². The van der Waals surface area contributed by atoms with Crippen molar-refractivity contribution in [3.05, 3.63) is 29.8 Å². The van der Waals surface area contributed by atoms with Crippen LogP contribution in [0.3, 0.4) is 0 Å². The first-order valence-corrected chi connectivity index (χ1v) is 18.7. The van der Waals surface area contributed by atoms with E-state index >= 15 is 0 Å². The van der Waals surface area contributed by atoms with Gasteiger partial charge in [0.15, 0.2) is 0 Å². The topological polar surface area (TPSA) is 133 Å². The van der Waals surface area contributed by atoms with Crippen molar-refractivity contribution < 1.29 is 34.3 Å². The maximum Gasteiger partial charge on any atom is 0.240 e. The van der Waals surface area contributed by atoms with E-state index in [1.54, 1.807) is 18.0 Å². The third kappa shape index (κ3) is 8.95. The number of fused-ring (bicyclic) bond motifs is 1. The Kier molecular flexibility index (Phi) is 12.9. The molecule has 4 saturated heterocycles. The molecule has 0 spiro atoms. The minimum atomic E-state index is -1.39. The Balaban J connectivity index is 1.30. The molecule has 0 saturated carbocycles. The van der Waals surface area contributed by atoms with Crippen LogP contribution in [0.25, 0.3) is 0 Å². The number of aliphatic hydroxyl groups excluding tert-OH is 3. The van der Waals surface area contributed by atoms with E-state index in [0.717, 1.165) is 63.6 Å². The summed E-state index contributed by atoms with van der Waals surface area (Å²) in [5.41, 5.74) is 0.493. The number of carbonyl (C=O) groups is 1. The van der Waals surface area contributed by atoms with Crippen molar-refractivity contribution in [2.75, 3.05) is 45.7 Å². The number of nitrogens with one attached hydrogen (secondary N) is 2. The van der Waals surface area contributed by atoms with Crippen LogP contribution in [-0.2, 0) is 25.5 Å². The van der Waals surface area contributed by atoms with Gasteiger partial charge in [0.25, 0.3) is 0 Å². The molecule has 1 aromatic rings. The van der Waals surface area contributed by atoms with Crippen molar-refractivity contribution >= 4 is 29.4 Å². The standard InChI is InChI=1S/C33H53N3O7S2/c1-19(2)15-22-9-12-42-30-23(16-22)17-34-26(30)32(40)35-25(31-28(38)27(37)29(39)33(43-31)44-4)20(3)45-24-7-5-21(6-8-24)18-36-10-13-41-14-11-36/h5-8,19-20,22-23,25-31,33-34,37-39H,9-18H2,1-4H3,(H,35,40)/t20-,22-,23-,25+,26-,27+,28?,29+,30+,31+,33?/m0/s1. The second-order valence-corrected chi connectivity index (χ2v) is 16.0. The number of rotatable bonds is 11. The lowest BCUT2D eigenvalue weighted by atomic mass is 9.85. The van der Waals surface area contributed by atoms with Crippen LogP contribution in [-0.4, -0.2) is 125 Å². The minimum absolute atomic E-state index is 0.194. The van der Waals surface area contributed by atoms with Gasteiger partial charge in [-0.05, 0) is 61.0 Å². The van der Waals surface area contributed by atoms with Gasteiger partial charge in [-0.15, -0.1) is 23.5 Å². The second kappa shape index (κ2) is 16.5. The molecule has 4 heterocycles. The Labute approximate surface area is 276 Å². The molecule has 12 heteroatoms. The third-order valence-electron chi connectivity index (χ3n) is 9.72. The number of morpholine rings is 1. The predicted octanol–water partition coefficient (Wildman–Crippen LogP) is 2.08. The summed E-state index contributed by atoms with van der Waals surface area (Å²) in [5, 5.41) is 38.8. The zero-order chi connectivity index (χ0) is 32.1. The summed E-state index contributed by atoms with van der Waals surface area (Å²) in [4.78, 5) is 17.4. The van der Waals surface area contributed by atoms with Gasteiger partial charge < -0.3 is 40.2 Å². The molecule has 1 amide bonds. The maximum absolute atomic E-state index is 14.0. The van der Waals surface area contributed by atoms with Gasteiger partial charge in [-0.1, -0.05) is 32.9 Å². The first kappa shape index (κ1) is 35.4. The summed E-state index contributed by atoms with van der Waals surface area (Å²) in [6.07, 6.45) is -0.129. The highest BCUT2D eigenvalue weighted by Crippen LogP contribution is 2.36. The van der Waals surface area contributed by atoms with E-state index in [4.69, 9.17) is 14.2 Å². The summed E-state index contributed by atoms with van der Waals surface area (Å²) in [5.74, 6) is 1.29. The van der Waals surface area contributed by atoms with Crippen molar-refractivity contribution in [2.45, 2.75) is 105 Å². The summed E-state index contributed by atoms with van der Waals surface area (Å²) in [6.45, 7) is 12.1. The van der Waals surface area contributed by atoms with Gasteiger partial charge >= 0.3 is 0 Å². The van der Waals surface area contributed by atoms with Crippen molar-refractivity contribution in [3.63, 3.8) is 0 Å². The quantitative estimate of drug-likeness (QED) is 0.222. The lowest BCUT2D eigenvalue weighted by Gasteiger charge is -2.44. The molecule has 4 aliphatic heterocycles. The number of amides is 1. The van der Waals surface area contributed by atoms with E-state index in [1.807, 2.05) is 6.92 Å². The fraction of sp³-hybridized carbons (Fsp3) is 0.788. The van der Waals surface area contributed by atoms with E-state index in [9.17, 15) is 20.1 Å². The molecular formula is C33H53N3O7S2. The number of hydrogen-bond donors (Lipinski definition) is 5. The molecule has 0 aromatic heterocycles. The SMILES string of the molecule is CSC1O[C@H]([C@H](NC(=O)[C@H]2NC[C@@H]3C[C@H](CC(C)C)CCO[C@H]32)[C@H](C)Sc2ccc(CN3CCOCC3)cc2)C(O)[C@@H](O)[C@H]1O. The van der Waals surface area contributed by atoms with Crippen LogP contribution < -0.4 is 10.6 Å². The Morgan fingerprint density at radius 3 is 2.49 bits per heavy atom. The second-order valence-electron chi connectivity index (χ2n) is 13.6. The van der Waals surface area contributed by atoms with E-state index in [1.165, 1.54) is 17.3 Å². The van der Waals surface area contributed by atoms with Crippen molar-refractivity contribution in [2.24, 2.45) is 17.8 Å². The predicted molar refractivity (Wildman–Crippen MR) is 177 cm³/mol. The third-order valence-corrected chi connectivity index (χ3v) is 11.8. The first-order chi connectivity index (χ1) is 21.6. The van der Waals surface area contributed by atoms with Crippen LogP contribution in [0.4, 0.5) is 0 Å². The smallest absolute Gasteiger partial charge is 0.240 e. The van der Waals surface area contributed by atoms with Crippen LogP contribution in [0.15, 0.2) is 29.2 Å². The Hall–Kier alpha value is -0.930. The highest BCUT2D eigenvalue weighted by molar-refractivity contribution is 8.00. The van der Waals surface area contributed by atoms with Crippen LogP contribution in [0.1, 0.15) is 45.6 Å². The maximum atomic E-state index is 14.0. The monoisotopic (exact) mass is 667 g/mol. The number of ether oxygens (including phenoxy) is 3. The van der Waals surface area contributed by atoms with Gasteiger partial charge in [0.2, 0.25) is 5.91 Å². The molecule has 0 bridgehead atoms. The van der Waals surface area contributed by atoms with E-state index in [-0.39, 0.29) is 23.2 Å². The molecule has 4 aliphatic rings. The van der Waals surface area contributed by atoms with Gasteiger partial charge in [0, 0.05) is 42.9 Å². The fourth-order valence-corrected chi connectivity index (χ4v) is 9.11. The van der Waals surface area contributed by atoms with Gasteiger partial charge in [0.05, 0.1) is 25.4 Å². The lowest BCUT2D eigenvalue weighted by molar-refractivity contribution is -0.205. The van der Waals surface area contributed by atoms with Crippen molar-refractivity contribution in [3.8, 4) is 0 Å².